The van der Waals surface area contributed by atoms with Crippen molar-refractivity contribution >= 4 is 5.97 Å². The summed E-state index contributed by atoms with van der Waals surface area (Å²) in [5.41, 5.74) is 1.87. The topological polar surface area (TPSA) is 35.5 Å². The summed E-state index contributed by atoms with van der Waals surface area (Å²) in [6, 6.07) is 7.66. The Labute approximate surface area is 121 Å². The minimum atomic E-state index is -0.313. The number of esters is 1. The van der Waals surface area contributed by atoms with E-state index in [2.05, 4.69) is 13.5 Å². The van der Waals surface area contributed by atoms with Gasteiger partial charge in [-0.2, -0.15) is 0 Å². The molecule has 0 saturated heterocycles. The van der Waals surface area contributed by atoms with Crippen LogP contribution in [0.15, 0.2) is 36.4 Å². The average Bonchev–Trinajstić information content (AvgIpc) is 2.44. The Morgan fingerprint density at radius 2 is 2.15 bits per heavy atom. The van der Waals surface area contributed by atoms with Crippen LogP contribution in [0.2, 0.25) is 0 Å². The molecule has 0 N–H and O–H groups in total. The molecule has 0 aliphatic heterocycles. The van der Waals surface area contributed by atoms with Crippen LogP contribution in [0.3, 0.4) is 0 Å². The first-order chi connectivity index (χ1) is 9.58. The van der Waals surface area contributed by atoms with Crippen LogP contribution >= 0.6 is 0 Å². The second-order valence-corrected chi connectivity index (χ2v) is 5.01. The molecule has 20 heavy (non-hydrogen) atoms. The Bertz CT molecular complexity index is 451. The molecule has 3 nitrogen and oxygen atoms in total. The van der Waals surface area contributed by atoms with Gasteiger partial charge in [-0.05, 0) is 37.5 Å². The van der Waals surface area contributed by atoms with E-state index < -0.39 is 0 Å². The van der Waals surface area contributed by atoms with Gasteiger partial charge in [0.2, 0.25) is 0 Å². The zero-order valence-electron chi connectivity index (χ0n) is 12.6. The predicted octanol–water partition coefficient (Wildman–Crippen LogP) is 4.09. The number of hydrogen-bond acceptors (Lipinski definition) is 3. The monoisotopic (exact) mass is 276 g/mol. The van der Waals surface area contributed by atoms with Crippen molar-refractivity contribution in [3.8, 4) is 5.75 Å². The standard InChI is InChI=1S/C17H24O3/c1-5-6-10-20-15-9-7-8-14(12-15)16(11-13(2)3)17(18)19-4/h7-9,12,16H,2,5-6,10-11H2,1,3-4H3. The van der Waals surface area contributed by atoms with Gasteiger partial charge in [0.15, 0.2) is 0 Å². The fourth-order valence-corrected chi connectivity index (χ4v) is 1.98. The lowest BCUT2D eigenvalue weighted by molar-refractivity contribution is -0.142. The molecule has 0 aliphatic carbocycles. The fourth-order valence-electron chi connectivity index (χ4n) is 1.98. The third kappa shape index (κ3) is 5.08. The molecule has 0 amide bonds. The fraction of sp³-hybridized carbons (Fsp3) is 0.471. The Morgan fingerprint density at radius 1 is 1.40 bits per heavy atom. The average molecular weight is 276 g/mol. The number of allylic oxidation sites excluding steroid dienone is 1. The highest BCUT2D eigenvalue weighted by Crippen LogP contribution is 2.27. The molecule has 3 heteroatoms. The minimum absolute atomic E-state index is 0.237. The van der Waals surface area contributed by atoms with Gasteiger partial charge in [0.05, 0.1) is 19.6 Å². The van der Waals surface area contributed by atoms with Gasteiger partial charge in [0.25, 0.3) is 0 Å². The molecule has 0 aliphatic rings. The summed E-state index contributed by atoms with van der Waals surface area (Å²) in [6.45, 7) is 8.62. The van der Waals surface area contributed by atoms with Crippen molar-refractivity contribution in [1.29, 1.82) is 0 Å². The van der Waals surface area contributed by atoms with Crippen molar-refractivity contribution < 1.29 is 14.3 Å². The number of carbonyl (C=O) groups is 1. The molecule has 1 unspecified atom stereocenters. The van der Waals surface area contributed by atoms with Crippen LogP contribution in [-0.2, 0) is 9.53 Å². The molecule has 0 saturated carbocycles. The van der Waals surface area contributed by atoms with E-state index in [9.17, 15) is 4.79 Å². The van der Waals surface area contributed by atoms with Crippen LogP contribution in [-0.4, -0.2) is 19.7 Å². The molecule has 0 fully saturated rings. The quantitative estimate of drug-likeness (QED) is 0.407. The Hall–Kier alpha value is -1.77. The summed E-state index contributed by atoms with van der Waals surface area (Å²) in [4.78, 5) is 11.9. The zero-order valence-corrected chi connectivity index (χ0v) is 12.6. The smallest absolute Gasteiger partial charge is 0.313 e. The third-order valence-electron chi connectivity index (χ3n) is 3.07. The van der Waals surface area contributed by atoms with Crippen molar-refractivity contribution in [2.75, 3.05) is 13.7 Å². The summed E-state index contributed by atoms with van der Waals surface area (Å²) in [6.07, 6.45) is 2.71. The van der Waals surface area contributed by atoms with Gasteiger partial charge >= 0.3 is 5.97 Å². The molecular weight excluding hydrogens is 252 g/mol. The van der Waals surface area contributed by atoms with E-state index in [0.717, 1.165) is 29.7 Å². The molecular formula is C17H24O3. The van der Waals surface area contributed by atoms with E-state index in [1.54, 1.807) is 0 Å². The van der Waals surface area contributed by atoms with Gasteiger partial charge in [-0.25, -0.2) is 0 Å². The van der Waals surface area contributed by atoms with Gasteiger partial charge in [-0.3, -0.25) is 4.79 Å². The first-order valence-corrected chi connectivity index (χ1v) is 7.03. The molecule has 1 aromatic rings. The minimum Gasteiger partial charge on any atom is -0.494 e. The number of methoxy groups -OCH3 is 1. The van der Waals surface area contributed by atoms with Crippen LogP contribution in [0, 0.1) is 0 Å². The van der Waals surface area contributed by atoms with E-state index in [-0.39, 0.29) is 11.9 Å². The van der Waals surface area contributed by atoms with Crippen molar-refractivity contribution in [2.24, 2.45) is 0 Å². The Balaban J connectivity index is 2.87. The molecule has 0 radical (unpaired) electrons. The molecule has 0 bridgehead atoms. The summed E-state index contributed by atoms with van der Waals surface area (Å²) in [5, 5.41) is 0. The largest absolute Gasteiger partial charge is 0.494 e. The molecule has 0 heterocycles. The van der Waals surface area contributed by atoms with E-state index >= 15 is 0 Å². The lowest BCUT2D eigenvalue weighted by Gasteiger charge is -2.16. The van der Waals surface area contributed by atoms with Crippen LogP contribution < -0.4 is 4.74 Å². The number of unbranched alkanes of at least 4 members (excludes halogenated alkanes) is 1. The Morgan fingerprint density at radius 3 is 2.75 bits per heavy atom. The predicted molar refractivity (Wildman–Crippen MR) is 81.0 cm³/mol. The van der Waals surface area contributed by atoms with E-state index in [0.29, 0.717) is 13.0 Å². The molecule has 0 aromatic heterocycles. The molecule has 0 spiro atoms. The normalized spacial score (nSPS) is 11.8. The van der Waals surface area contributed by atoms with Crippen LogP contribution in [0.25, 0.3) is 0 Å². The molecule has 1 rings (SSSR count). The summed E-state index contributed by atoms with van der Waals surface area (Å²) >= 11 is 0. The van der Waals surface area contributed by atoms with E-state index in [1.165, 1.54) is 7.11 Å². The highest BCUT2D eigenvalue weighted by molar-refractivity contribution is 5.78. The maximum absolute atomic E-state index is 11.9. The van der Waals surface area contributed by atoms with E-state index in [1.807, 2.05) is 31.2 Å². The lowest BCUT2D eigenvalue weighted by atomic mass is 9.93. The van der Waals surface area contributed by atoms with Crippen molar-refractivity contribution in [2.45, 2.75) is 39.0 Å². The Kier molecular flexibility index (Phi) is 6.85. The summed E-state index contributed by atoms with van der Waals surface area (Å²) < 4.78 is 10.6. The lowest BCUT2D eigenvalue weighted by Crippen LogP contribution is -2.14. The van der Waals surface area contributed by atoms with Crippen molar-refractivity contribution in [3.63, 3.8) is 0 Å². The maximum Gasteiger partial charge on any atom is 0.313 e. The maximum atomic E-state index is 11.9. The van der Waals surface area contributed by atoms with Gasteiger partial charge in [0, 0.05) is 0 Å². The number of benzene rings is 1. The van der Waals surface area contributed by atoms with Crippen LogP contribution in [0.1, 0.15) is 44.6 Å². The number of rotatable bonds is 8. The van der Waals surface area contributed by atoms with Gasteiger partial charge < -0.3 is 9.47 Å². The van der Waals surface area contributed by atoms with Gasteiger partial charge in [0.1, 0.15) is 5.75 Å². The first kappa shape index (κ1) is 16.3. The highest BCUT2D eigenvalue weighted by atomic mass is 16.5. The number of hydrogen-bond donors (Lipinski definition) is 0. The van der Waals surface area contributed by atoms with Crippen LogP contribution in [0.5, 0.6) is 5.75 Å². The van der Waals surface area contributed by atoms with Crippen molar-refractivity contribution in [1.82, 2.24) is 0 Å². The first-order valence-electron chi connectivity index (χ1n) is 7.03. The highest BCUT2D eigenvalue weighted by Gasteiger charge is 2.21. The second kappa shape index (κ2) is 8.41. The molecule has 110 valence electrons. The van der Waals surface area contributed by atoms with Gasteiger partial charge in [-0.15, -0.1) is 6.58 Å². The van der Waals surface area contributed by atoms with Gasteiger partial charge in [-0.1, -0.05) is 31.1 Å². The summed E-state index contributed by atoms with van der Waals surface area (Å²) in [5.74, 6) is 0.248. The second-order valence-electron chi connectivity index (χ2n) is 5.01. The van der Waals surface area contributed by atoms with Crippen molar-refractivity contribution in [3.05, 3.63) is 42.0 Å². The number of ether oxygens (including phenoxy) is 2. The summed E-state index contributed by atoms with van der Waals surface area (Å²) in [7, 11) is 1.41. The molecule has 1 atom stereocenters. The van der Waals surface area contributed by atoms with E-state index in [4.69, 9.17) is 9.47 Å². The SMILES string of the molecule is C=C(C)CC(C(=O)OC)c1cccc(OCCCC)c1. The van der Waals surface area contributed by atoms with Crippen LogP contribution in [0.4, 0.5) is 0 Å². The zero-order chi connectivity index (χ0) is 15.0. The third-order valence-corrected chi connectivity index (χ3v) is 3.07. The number of carbonyl (C=O) groups excluding carboxylic acids is 1. The molecule has 1 aromatic carbocycles.